The van der Waals surface area contributed by atoms with Crippen LogP contribution in [-0.2, 0) is 5.75 Å². The predicted molar refractivity (Wildman–Crippen MR) is 79.9 cm³/mol. The molecule has 0 radical (unpaired) electrons. The van der Waals surface area contributed by atoms with E-state index in [1.165, 1.54) is 10.5 Å². The lowest BCUT2D eigenvalue weighted by molar-refractivity contribution is 1.03. The van der Waals surface area contributed by atoms with Crippen LogP contribution >= 0.6 is 34.4 Å². The summed E-state index contributed by atoms with van der Waals surface area (Å²) < 4.78 is 0.896. The minimum Gasteiger partial charge on any atom is -0.383 e. The van der Waals surface area contributed by atoms with Crippen LogP contribution in [0.3, 0.4) is 0 Å². The van der Waals surface area contributed by atoms with Crippen molar-refractivity contribution in [2.24, 2.45) is 0 Å². The van der Waals surface area contributed by atoms with Gasteiger partial charge in [-0.15, -0.1) is 11.8 Å². The summed E-state index contributed by atoms with van der Waals surface area (Å²) >= 11 is 3.86. The summed E-state index contributed by atoms with van der Waals surface area (Å²) in [7, 11) is 0. The van der Waals surface area contributed by atoms with Crippen molar-refractivity contribution in [1.82, 2.24) is 9.97 Å². The Balaban J connectivity index is 2.08. The number of nitrogens with zero attached hydrogens (tertiary/aromatic N) is 2. The third-order valence-electron chi connectivity index (χ3n) is 2.27. The van der Waals surface area contributed by atoms with E-state index >= 15 is 0 Å². The fourth-order valence-corrected chi connectivity index (χ4v) is 2.50. The molecule has 88 valence electrons. The van der Waals surface area contributed by atoms with Crippen LogP contribution in [0, 0.1) is 10.5 Å². The van der Waals surface area contributed by atoms with Gasteiger partial charge in [-0.25, -0.2) is 9.97 Å². The van der Waals surface area contributed by atoms with Crippen molar-refractivity contribution in [3.63, 3.8) is 0 Å². The van der Waals surface area contributed by atoms with E-state index in [2.05, 4.69) is 51.6 Å². The van der Waals surface area contributed by atoms with Crippen molar-refractivity contribution in [2.45, 2.75) is 17.6 Å². The number of halogens is 1. The van der Waals surface area contributed by atoms with E-state index in [4.69, 9.17) is 5.73 Å². The van der Waals surface area contributed by atoms with Crippen molar-refractivity contribution in [3.8, 4) is 0 Å². The van der Waals surface area contributed by atoms with E-state index in [1.54, 1.807) is 18.0 Å². The van der Waals surface area contributed by atoms with E-state index in [9.17, 15) is 0 Å². The van der Waals surface area contributed by atoms with Gasteiger partial charge in [-0.1, -0.05) is 18.2 Å². The topological polar surface area (TPSA) is 51.8 Å². The summed E-state index contributed by atoms with van der Waals surface area (Å²) in [6.07, 6.45) is 1.76. The van der Waals surface area contributed by atoms with Crippen LogP contribution in [0.5, 0.6) is 0 Å². The molecule has 2 N–H and O–H groups in total. The molecule has 1 aromatic carbocycles. The molecule has 0 fully saturated rings. The highest BCUT2D eigenvalue weighted by molar-refractivity contribution is 14.1. The van der Waals surface area contributed by atoms with Gasteiger partial charge in [0.05, 0.1) is 9.32 Å². The number of benzene rings is 1. The van der Waals surface area contributed by atoms with Gasteiger partial charge in [0.15, 0.2) is 0 Å². The summed E-state index contributed by atoms with van der Waals surface area (Å²) in [5.74, 6) is 2.07. The Bertz CT molecular complexity index is 531. The molecule has 0 bridgehead atoms. The van der Waals surface area contributed by atoms with Gasteiger partial charge >= 0.3 is 0 Å². The van der Waals surface area contributed by atoms with Gasteiger partial charge in [0.2, 0.25) is 0 Å². The molecule has 0 unspecified atom stereocenters. The summed E-state index contributed by atoms with van der Waals surface area (Å²) in [6.45, 7) is 2.10. The molecule has 17 heavy (non-hydrogen) atoms. The van der Waals surface area contributed by atoms with Gasteiger partial charge in [-0.05, 0) is 41.1 Å². The molecule has 0 aliphatic carbocycles. The minimum atomic E-state index is 0.556. The first-order valence-electron chi connectivity index (χ1n) is 5.12. The number of aromatic nitrogens is 2. The summed E-state index contributed by atoms with van der Waals surface area (Å²) in [4.78, 5) is 9.78. The molecular formula is C12H12IN3S. The number of aryl methyl sites for hydroxylation is 1. The average molecular weight is 357 g/mol. The largest absolute Gasteiger partial charge is 0.383 e. The minimum absolute atomic E-state index is 0.556. The molecule has 0 amide bonds. The second-order valence-corrected chi connectivity index (χ2v) is 5.75. The van der Waals surface area contributed by atoms with Crippen molar-refractivity contribution in [3.05, 3.63) is 45.4 Å². The average Bonchev–Trinajstić information content (AvgIpc) is 2.32. The van der Waals surface area contributed by atoms with Crippen LogP contribution in [0.25, 0.3) is 0 Å². The van der Waals surface area contributed by atoms with E-state index in [0.717, 1.165) is 15.1 Å². The molecule has 0 aliphatic heterocycles. The fourth-order valence-electron chi connectivity index (χ4n) is 1.35. The Morgan fingerprint density at radius 1 is 1.35 bits per heavy atom. The second-order valence-electron chi connectivity index (χ2n) is 3.57. The lowest BCUT2D eigenvalue weighted by Gasteiger charge is -2.05. The summed E-state index contributed by atoms with van der Waals surface area (Å²) in [6, 6.07) is 8.29. The number of anilines is 1. The first kappa shape index (κ1) is 12.6. The number of thioether (sulfide) groups is 1. The molecule has 0 spiro atoms. The molecule has 0 atom stereocenters. The number of hydrogen-bond acceptors (Lipinski definition) is 4. The molecule has 2 rings (SSSR count). The zero-order chi connectivity index (χ0) is 12.3. The first-order valence-corrected chi connectivity index (χ1v) is 7.18. The van der Waals surface area contributed by atoms with Crippen LogP contribution in [0.2, 0.25) is 0 Å². The number of rotatable bonds is 3. The standard InChI is InChI=1S/C12H12IN3S/c1-8-4-2-3-5-10(8)17-7-11-15-6-9(13)12(14)16-11/h2-6H,7H2,1H3,(H2,14,15,16). The van der Waals surface area contributed by atoms with E-state index < -0.39 is 0 Å². The van der Waals surface area contributed by atoms with Crippen LogP contribution in [0.1, 0.15) is 11.4 Å². The molecule has 0 saturated carbocycles. The smallest absolute Gasteiger partial charge is 0.140 e. The Morgan fingerprint density at radius 2 is 2.12 bits per heavy atom. The van der Waals surface area contributed by atoms with Gasteiger partial charge in [0.1, 0.15) is 11.6 Å². The highest BCUT2D eigenvalue weighted by atomic mass is 127. The molecule has 3 nitrogen and oxygen atoms in total. The number of hydrogen-bond donors (Lipinski definition) is 1. The van der Waals surface area contributed by atoms with Gasteiger partial charge in [0, 0.05) is 11.1 Å². The zero-order valence-electron chi connectivity index (χ0n) is 9.35. The van der Waals surface area contributed by atoms with Gasteiger partial charge in [0.25, 0.3) is 0 Å². The monoisotopic (exact) mass is 357 g/mol. The Labute approximate surface area is 118 Å². The molecule has 5 heteroatoms. The predicted octanol–water partition coefficient (Wildman–Crippen LogP) is 3.26. The lowest BCUT2D eigenvalue weighted by Crippen LogP contribution is -2.00. The fraction of sp³-hybridized carbons (Fsp3) is 0.167. The van der Waals surface area contributed by atoms with Crippen LogP contribution < -0.4 is 5.73 Å². The van der Waals surface area contributed by atoms with Crippen LogP contribution in [0.4, 0.5) is 5.82 Å². The van der Waals surface area contributed by atoms with Gasteiger partial charge in [-0.2, -0.15) is 0 Å². The molecule has 1 heterocycles. The summed E-state index contributed by atoms with van der Waals surface area (Å²) in [5, 5.41) is 0. The maximum Gasteiger partial charge on any atom is 0.140 e. The van der Waals surface area contributed by atoms with E-state index in [1.807, 2.05) is 12.1 Å². The van der Waals surface area contributed by atoms with Gasteiger partial charge < -0.3 is 5.73 Å². The van der Waals surface area contributed by atoms with Crippen molar-refractivity contribution in [1.29, 1.82) is 0 Å². The maximum absolute atomic E-state index is 5.75. The molecular weight excluding hydrogens is 345 g/mol. The van der Waals surface area contributed by atoms with Gasteiger partial charge in [-0.3, -0.25) is 0 Å². The number of nitrogens with two attached hydrogens (primary N) is 1. The quantitative estimate of drug-likeness (QED) is 0.677. The SMILES string of the molecule is Cc1ccccc1SCc1ncc(I)c(N)n1. The Kier molecular flexibility index (Phi) is 4.22. The highest BCUT2D eigenvalue weighted by Gasteiger charge is 2.03. The number of nitrogen functional groups attached to an aromatic ring is 1. The third kappa shape index (κ3) is 3.32. The highest BCUT2D eigenvalue weighted by Crippen LogP contribution is 2.24. The van der Waals surface area contributed by atoms with Crippen molar-refractivity contribution >= 4 is 40.2 Å². The van der Waals surface area contributed by atoms with Crippen molar-refractivity contribution < 1.29 is 0 Å². The van der Waals surface area contributed by atoms with Crippen LogP contribution in [0.15, 0.2) is 35.4 Å². The van der Waals surface area contributed by atoms with E-state index in [-0.39, 0.29) is 0 Å². The lowest BCUT2D eigenvalue weighted by atomic mass is 10.2. The first-order chi connectivity index (χ1) is 8.16. The molecule has 0 saturated heterocycles. The Morgan fingerprint density at radius 3 is 2.82 bits per heavy atom. The molecule has 0 aliphatic rings. The normalized spacial score (nSPS) is 10.5. The van der Waals surface area contributed by atoms with Crippen molar-refractivity contribution in [2.75, 3.05) is 5.73 Å². The summed E-state index contributed by atoms with van der Waals surface area (Å²) in [5.41, 5.74) is 7.03. The molecule has 1 aromatic heterocycles. The maximum atomic E-state index is 5.75. The third-order valence-corrected chi connectivity index (χ3v) is 4.27. The second kappa shape index (κ2) is 5.68. The van der Waals surface area contributed by atoms with E-state index in [0.29, 0.717) is 5.82 Å². The zero-order valence-corrected chi connectivity index (χ0v) is 12.3. The Hall–Kier alpha value is -0.820. The molecule has 2 aromatic rings. The van der Waals surface area contributed by atoms with Crippen LogP contribution in [-0.4, -0.2) is 9.97 Å².